The zero-order valence-corrected chi connectivity index (χ0v) is 16.4. The summed E-state index contributed by atoms with van der Waals surface area (Å²) < 4.78 is 0. The highest BCUT2D eigenvalue weighted by atomic mass is 16.2. The summed E-state index contributed by atoms with van der Waals surface area (Å²) in [7, 11) is 0. The van der Waals surface area contributed by atoms with Crippen LogP contribution in [0.1, 0.15) is 36.3 Å². The molecular formula is C23H26N4O. The molecule has 0 saturated heterocycles. The average Bonchev–Trinajstić information content (AvgIpc) is 2.73. The predicted octanol–water partition coefficient (Wildman–Crippen LogP) is 4.78. The van der Waals surface area contributed by atoms with E-state index in [-0.39, 0.29) is 5.91 Å². The van der Waals surface area contributed by atoms with E-state index in [1.54, 1.807) is 11.0 Å². The lowest BCUT2D eigenvalue weighted by atomic mass is 10.1. The van der Waals surface area contributed by atoms with Gasteiger partial charge in [-0.05, 0) is 30.0 Å². The number of para-hydroxylation sites is 1. The van der Waals surface area contributed by atoms with Gasteiger partial charge in [-0.15, -0.1) is 0 Å². The first-order valence-corrected chi connectivity index (χ1v) is 9.60. The van der Waals surface area contributed by atoms with Gasteiger partial charge in [0, 0.05) is 18.3 Å². The summed E-state index contributed by atoms with van der Waals surface area (Å²) >= 11 is 0. The van der Waals surface area contributed by atoms with Crippen LogP contribution in [0.25, 0.3) is 0 Å². The third-order valence-corrected chi connectivity index (χ3v) is 4.41. The molecule has 1 amide bonds. The highest BCUT2D eigenvalue weighted by Crippen LogP contribution is 2.20. The number of carbonyl (C=O) groups is 1. The van der Waals surface area contributed by atoms with E-state index >= 15 is 0 Å². The summed E-state index contributed by atoms with van der Waals surface area (Å²) in [5, 5.41) is 3.28. The van der Waals surface area contributed by atoms with Gasteiger partial charge in [-0.25, -0.2) is 9.97 Å². The summed E-state index contributed by atoms with van der Waals surface area (Å²) in [6, 6.07) is 21.4. The van der Waals surface area contributed by atoms with Gasteiger partial charge in [0.15, 0.2) is 0 Å². The Hall–Kier alpha value is -3.21. The van der Waals surface area contributed by atoms with E-state index in [2.05, 4.69) is 29.1 Å². The summed E-state index contributed by atoms with van der Waals surface area (Å²) in [6.45, 7) is 5.65. The quantitative estimate of drug-likeness (QED) is 0.616. The molecule has 1 heterocycles. The normalized spacial score (nSPS) is 10.7. The largest absolute Gasteiger partial charge is 0.370 e. The number of hydrogen-bond acceptors (Lipinski definition) is 4. The Balaban J connectivity index is 1.83. The minimum absolute atomic E-state index is 0.149. The molecule has 0 spiro atoms. The van der Waals surface area contributed by atoms with Crippen LogP contribution in [-0.4, -0.2) is 22.4 Å². The number of anilines is 2. The molecule has 3 rings (SSSR count). The van der Waals surface area contributed by atoms with Crippen LogP contribution < -0.4 is 10.2 Å². The Morgan fingerprint density at radius 1 is 1.00 bits per heavy atom. The Kier molecular flexibility index (Phi) is 6.73. The molecule has 5 nitrogen and oxygen atoms in total. The third-order valence-electron chi connectivity index (χ3n) is 4.41. The second-order valence-electron chi connectivity index (χ2n) is 7.11. The van der Waals surface area contributed by atoms with E-state index in [0.717, 1.165) is 24.2 Å². The highest BCUT2D eigenvalue weighted by molar-refractivity contribution is 6.05. The van der Waals surface area contributed by atoms with E-state index in [1.165, 1.54) is 6.33 Å². The number of nitrogens with one attached hydrogen (secondary N) is 1. The lowest BCUT2D eigenvalue weighted by Gasteiger charge is -2.23. The van der Waals surface area contributed by atoms with Crippen molar-refractivity contribution in [2.45, 2.75) is 26.8 Å². The second-order valence-corrected chi connectivity index (χ2v) is 7.11. The number of hydrogen-bond donors (Lipinski definition) is 1. The topological polar surface area (TPSA) is 58.1 Å². The molecule has 0 bridgehead atoms. The molecule has 0 aliphatic carbocycles. The van der Waals surface area contributed by atoms with E-state index in [1.807, 2.05) is 60.7 Å². The van der Waals surface area contributed by atoms with E-state index < -0.39 is 0 Å². The Labute approximate surface area is 166 Å². The highest BCUT2D eigenvalue weighted by Gasteiger charge is 2.20. The smallest absolute Gasteiger partial charge is 0.277 e. The molecule has 0 saturated carbocycles. The zero-order chi connectivity index (χ0) is 19.8. The fraction of sp³-hybridized carbons (Fsp3) is 0.261. The van der Waals surface area contributed by atoms with Crippen LogP contribution in [0, 0.1) is 5.92 Å². The first-order chi connectivity index (χ1) is 13.6. The van der Waals surface area contributed by atoms with Crippen molar-refractivity contribution in [3.63, 3.8) is 0 Å². The van der Waals surface area contributed by atoms with Gasteiger partial charge in [-0.3, -0.25) is 4.79 Å². The van der Waals surface area contributed by atoms with Crippen molar-refractivity contribution in [3.8, 4) is 0 Å². The number of carbonyl (C=O) groups excluding carboxylic acids is 1. The van der Waals surface area contributed by atoms with Crippen molar-refractivity contribution in [1.29, 1.82) is 0 Å². The molecule has 0 aliphatic heterocycles. The van der Waals surface area contributed by atoms with Gasteiger partial charge < -0.3 is 10.2 Å². The second kappa shape index (κ2) is 9.65. The maximum Gasteiger partial charge on any atom is 0.277 e. The molecule has 0 radical (unpaired) electrons. The summed E-state index contributed by atoms with van der Waals surface area (Å²) in [5.74, 6) is 1.13. The van der Waals surface area contributed by atoms with Gasteiger partial charge >= 0.3 is 0 Å². The Morgan fingerprint density at radius 3 is 2.36 bits per heavy atom. The van der Waals surface area contributed by atoms with Crippen LogP contribution in [0.15, 0.2) is 73.1 Å². The first kappa shape index (κ1) is 19.5. The monoisotopic (exact) mass is 374 g/mol. The standard InChI is InChI=1S/C23H26N4O/c1-18(2)13-14-24-22-15-21(25-17-26-22)23(28)27(20-11-7-4-8-12-20)16-19-9-5-3-6-10-19/h3-12,15,17-18H,13-14,16H2,1-2H3,(H,24,25,26). The van der Waals surface area contributed by atoms with E-state index in [0.29, 0.717) is 24.0 Å². The van der Waals surface area contributed by atoms with Crippen molar-refractivity contribution in [2.24, 2.45) is 5.92 Å². The average molecular weight is 374 g/mol. The first-order valence-electron chi connectivity index (χ1n) is 9.60. The minimum atomic E-state index is -0.149. The third kappa shape index (κ3) is 5.39. The number of rotatable bonds is 8. The molecule has 1 N–H and O–H groups in total. The van der Waals surface area contributed by atoms with Crippen LogP contribution in [0.2, 0.25) is 0 Å². The molecule has 3 aromatic rings. The molecular weight excluding hydrogens is 348 g/mol. The fourth-order valence-electron chi connectivity index (χ4n) is 2.85. The van der Waals surface area contributed by atoms with Crippen LogP contribution in [0.4, 0.5) is 11.5 Å². The zero-order valence-electron chi connectivity index (χ0n) is 16.4. The van der Waals surface area contributed by atoms with Gasteiger partial charge in [-0.2, -0.15) is 0 Å². The van der Waals surface area contributed by atoms with Gasteiger partial charge in [-0.1, -0.05) is 62.4 Å². The Morgan fingerprint density at radius 2 is 1.68 bits per heavy atom. The SMILES string of the molecule is CC(C)CCNc1cc(C(=O)N(Cc2ccccc2)c2ccccc2)ncn1. The van der Waals surface area contributed by atoms with E-state index in [9.17, 15) is 4.79 Å². The minimum Gasteiger partial charge on any atom is -0.370 e. The van der Waals surface area contributed by atoms with Crippen molar-refractivity contribution in [3.05, 3.63) is 84.3 Å². The lowest BCUT2D eigenvalue weighted by Crippen LogP contribution is -2.31. The molecule has 5 heteroatoms. The predicted molar refractivity (Wildman–Crippen MR) is 113 cm³/mol. The van der Waals surface area contributed by atoms with Gasteiger partial charge in [0.2, 0.25) is 0 Å². The number of benzene rings is 2. The maximum atomic E-state index is 13.3. The summed E-state index contributed by atoms with van der Waals surface area (Å²) in [4.78, 5) is 23.5. The Bertz CT molecular complexity index is 881. The molecule has 28 heavy (non-hydrogen) atoms. The van der Waals surface area contributed by atoms with Crippen molar-refractivity contribution < 1.29 is 4.79 Å². The molecule has 0 aliphatic rings. The van der Waals surface area contributed by atoms with Gasteiger partial charge in [0.1, 0.15) is 17.8 Å². The molecule has 0 atom stereocenters. The van der Waals surface area contributed by atoms with Crippen LogP contribution in [0.3, 0.4) is 0 Å². The van der Waals surface area contributed by atoms with E-state index in [4.69, 9.17) is 0 Å². The number of amides is 1. The maximum absolute atomic E-state index is 13.3. The van der Waals surface area contributed by atoms with Crippen LogP contribution >= 0.6 is 0 Å². The van der Waals surface area contributed by atoms with Crippen molar-refractivity contribution in [1.82, 2.24) is 9.97 Å². The van der Waals surface area contributed by atoms with Crippen molar-refractivity contribution >= 4 is 17.4 Å². The summed E-state index contributed by atoms with van der Waals surface area (Å²) in [6.07, 6.45) is 2.48. The molecule has 1 aromatic heterocycles. The van der Waals surface area contributed by atoms with Crippen LogP contribution in [0.5, 0.6) is 0 Å². The van der Waals surface area contributed by atoms with Crippen LogP contribution in [-0.2, 0) is 6.54 Å². The molecule has 0 fully saturated rings. The molecule has 2 aromatic carbocycles. The van der Waals surface area contributed by atoms with Crippen molar-refractivity contribution in [2.75, 3.05) is 16.8 Å². The lowest BCUT2D eigenvalue weighted by molar-refractivity contribution is 0.0980. The van der Waals surface area contributed by atoms with Gasteiger partial charge in [0.05, 0.1) is 6.54 Å². The summed E-state index contributed by atoms with van der Waals surface area (Å²) in [5.41, 5.74) is 2.27. The number of aromatic nitrogens is 2. The fourth-order valence-corrected chi connectivity index (χ4v) is 2.85. The molecule has 0 unspecified atom stereocenters. The molecule has 144 valence electrons. The van der Waals surface area contributed by atoms with Gasteiger partial charge in [0.25, 0.3) is 5.91 Å². The number of nitrogens with zero attached hydrogens (tertiary/aromatic N) is 3.